The van der Waals surface area contributed by atoms with Crippen LogP contribution in [0.4, 0.5) is 0 Å². The highest BCUT2D eigenvalue weighted by molar-refractivity contribution is 5.88. The first-order valence-electron chi connectivity index (χ1n) is 9.22. The number of benzene rings is 1. The van der Waals surface area contributed by atoms with E-state index in [0.29, 0.717) is 11.9 Å². The molecule has 2 amide bonds. The molecule has 2 N–H and O–H groups in total. The fourth-order valence-electron chi connectivity index (χ4n) is 3.40. The van der Waals surface area contributed by atoms with Gasteiger partial charge in [-0.2, -0.15) is 5.10 Å². The van der Waals surface area contributed by atoms with Gasteiger partial charge in [-0.15, -0.1) is 0 Å². The molecule has 27 heavy (non-hydrogen) atoms. The molecule has 144 valence electrons. The van der Waals surface area contributed by atoms with Crippen molar-refractivity contribution in [1.29, 1.82) is 0 Å². The van der Waals surface area contributed by atoms with Gasteiger partial charge < -0.3 is 10.6 Å². The van der Waals surface area contributed by atoms with Gasteiger partial charge in [0.1, 0.15) is 0 Å². The Bertz CT molecular complexity index is 892. The summed E-state index contributed by atoms with van der Waals surface area (Å²) < 4.78 is 1.34. The third-order valence-corrected chi connectivity index (χ3v) is 4.82. The van der Waals surface area contributed by atoms with Gasteiger partial charge in [0, 0.05) is 31.1 Å². The second-order valence-electron chi connectivity index (χ2n) is 6.95. The van der Waals surface area contributed by atoms with Crippen LogP contribution in [0.3, 0.4) is 0 Å². The average molecular weight is 371 g/mol. The second kappa shape index (κ2) is 8.30. The van der Waals surface area contributed by atoms with Crippen LogP contribution in [0.15, 0.2) is 35.3 Å². The summed E-state index contributed by atoms with van der Waals surface area (Å²) in [4.78, 5) is 38.9. The zero-order valence-electron chi connectivity index (χ0n) is 15.6. The van der Waals surface area contributed by atoms with Gasteiger partial charge in [-0.1, -0.05) is 18.2 Å². The summed E-state index contributed by atoms with van der Waals surface area (Å²) in [6.45, 7) is 5.92. The summed E-state index contributed by atoms with van der Waals surface area (Å²) in [5.41, 5.74) is -0.181. The summed E-state index contributed by atoms with van der Waals surface area (Å²) in [6.07, 6.45) is 1.75. The van der Waals surface area contributed by atoms with E-state index in [1.165, 1.54) is 4.68 Å². The minimum Gasteiger partial charge on any atom is -0.354 e. The zero-order valence-corrected chi connectivity index (χ0v) is 15.6. The Morgan fingerprint density at radius 3 is 2.89 bits per heavy atom. The summed E-state index contributed by atoms with van der Waals surface area (Å²) in [5, 5.41) is 11.1. The number of nitrogens with one attached hydrogen (secondary N) is 2. The first-order chi connectivity index (χ1) is 13.0. The molecular formula is C19H25N5O3. The van der Waals surface area contributed by atoms with E-state index in [1.807, 2.05) is 36.9 Å². The Morgan fingerprint density at radius 1 is 1.33 bits per heavy atom. The van der Waals surface area contributed by atoms with Gasteiger partial charge >= 0.3 is 0 Å². The van der Waals surface area contributed by atoms with Crippen LogP contribution in [0.1, 0.15) is 20.3 Å². The van der Waals surface area contributed by atoms with Crippen LogP contribution in [0, 0.1) is 0 Å². The Kier molecular flexibility index (Phi) is 5.85. The Balaban J connectivity index is 1.57. The molecule has 1 atom stereocenters. The normalized spacial score (nSPS) is 17.9. The van der Waals surface area contributed by atoms with Crippen molar-refractivity contribution in [3.05, 3.63) is 40.8 Å². The predicted molar refractivity (Wildman–Crippen MR) is 102 cm³/mol. The van der Waals surface area contributed by atoms with Crippen molar-refractivity contribution < 1.29 is 9.59 Å². The molecule has 1 aromatic heterocycles. The highest BCUT2D eigenvalue weighted by Crippen LogP contribution is 2.12. The van der Waals surface area contributed by atoms with Crippen LogP contribution >= 0.6 is 0 Å². The maximum Gasteiger partial charge on any atom is 0.274 e. The molecule has 1 aliphatic heterocycles. The van der Waals surface area contributed by atoms with E-state index in [9.17, 15) is 14.4 Å². The van der Waals surface area contributed by atoms with Crippen LogP contribution in [0.25, 0.3) is 10.8 Å². The van der Waals surface area contributed by atoms with Crippen molar-refractivity contribution in [3.8, 4) is 0 Å². The third-order valence-electron chi connectivity index (χ3n) is 4.82. The van der Waals surface area contributed by atoms with Gasteiger partial charge in [0.15, 0.2) is 0 Å². The molecule has 0 aliphatic carbocycles. The first-order valence-corrected chi connectivity index (χ1v) is 9.22. The number of carbonyl (C=O) groups excluding carboxylic acids is 2. The van der Waals surface area contributed by atoms with Gasteiger partial charge in [0.25, 0.3) is 5.56 Å². The monoisotopic (exact) mass is 371 g/mol. The fourth-order valence-corrected chi connectivity index (χ4v) is 3.40. The number of hydrogen-bond donors (Lipinski definition) is 2. The van der Waals surface area contributed by atoms with Crippen LogP contribution < -0.4 is 16.2 Å². The number of fused-ring (bicyclic) bond motifs is 1. The Labute approximate surface area is 157 Å². The molecule has 8 nitrogen and oxygen atoms in total. The standard InChI is InChI=1S/C19H25N5O3/c1-13(2)23-9-7-21-18(26)16(23)11-17(25)20-8-10-24-19(27)15-6-4-3-5-14(15)12-22-24/h3-6,12-13,16H,7-11H2,1-2H3,(H,20,25)(H,21,26). The number of piperazine rings is 1. The summed E-state index contributed by atoms with van der Waals surface area (Å²) >= 11 is 0. The van der Waals surface area contributed by atoms with Crippen LogP contribution in [-0.2, 0) is 16.1 Å². The maximum absolute atomic E-state index is 12.4. The molecular weight excluding hydrogens is 346 g/mol. The molecule has 8 heteroatoms. The molecule has 0 spiro atoms. The minimum atomic E-state index is -0.458. The molecule has 1 aliphatic rings. The number of nitrogens with zero attached hydrogens (tertiary/aromatic N) is 3. The lowest BCUT2D eigenvalue weighted by Gasteiger charge is -2.37. The molecule has 1 aromatic carbocycles. The lowest BCUT2D eigenvalue weighted by molar-refractivity contribution is -0.134. The average Bonchev–Trinajstić information content (AvgIpc) is 2.65. The van der Waals surface area contributed by atoms with Crippen molar-refractivity contribution >= 4 is 22.6 Å². The van der Waals surface area contributed by atoms with E-state index in [2.05, 4.69) is 15.7 Å². The summed E-state index contributed by atoms with van der Waals surface area (Å²) in [7, 11) is 0. The molecule has 0 radical (unpaired) electrons. The molecule has 0 bridgehead atoms. The quantitative estimate of drug-likeness (QED) is 0.751. The van der Waals surface area contributed by atoms with Gasteiger partial charge in [-0.3, -0.25) is 19.3 Å². The molecule has 3 rings (SSSR count). The summed E-state index contributed by atoms with van der Waals surface area (Å²) in [6, 6.07) is 7.00. The van der Waals surface area contributed by atoms with Crippen molar-refractivity contribution in [2.75, 3.05) is 19.6 Å². The van der Waals surface area contributed by atoms with Crippen LogP contribution in [-0.4, -0.2) is 58.2 Å². The highest BCUT2D eigenvalue weighted by atomic mass is 16.2. The van der Waals surface area contributed by atoms with E-state index in [4.69, 9.17) is 0 Å². The SMILES string of the molecule is CC(C)N1CCNC(=O)C1CC(=O)NCCn1ncc2ccccc2c1=O. The van der Waals surface area contributed by atoms with Gasteiger partial charge in [0.05, 0.1) is 30.6 Å². The maximum atomic E-state index is 12.4. The number of aromatic nitrogens is 2. The van der Waals surface area contributed by atoms with E-state index in [-0.39, 0.29) is 42.9 Å². The molecule has 2 aromatic rings. The number of carbonyl (C=O) groups is 2. The molecule has 2 heterocycles. The van der Waals surface area contributed by atoms with Crippen molar-refractivity contribution in [1.82, 2.24) is 25.3 Å². The van der Waals surface area contributed by atoms with Crippen LogP contribution in [0.5, 0.6) is 0 Å². The van der Waals surface area contributed by atoms with Gasteiger partial charge in [-0.25, -0.2) is 4.68 Å². The fraction of sp³-hybridized carbons (Fsp3) is 0.474. The van der Waals surface area contributed by atoms with Gasteiger partial charge in [0.2, 0.25) is 11.8 Å². The lowest BCUT2D eigenvalue weighted by Crippen LogP contribution is -2.58. The molecule has 0 saturated carbocycles. The van der Waals surface area contributed by atoms with E-state index < -0.39 is 6.04 Å². The van der Waals surface area contributed by atoms with Crippen molar-refractivity contribution in [2.24, 2.45) is 0 Å². The molecule has 1 unspecified atom stereocenters. The third kappa shape index (κ3) is 4.33. The lowest BCUT2D eigenvalue weighted by atomic mass is 10.1. The van der Waals surface area contributed by atoms with E-state index in [0.717, 1.165) is 11.9 Å². The zero-order chi connectivity index (χ0) is 19.4. The number of hydrogen-bond acceptors (Lipinski definition) is 5. The highest BCUT2D eigenvalue weighted by Gasteiger charge is 2.32. The van der Waals surface area contributed by atoms with Crippen molar-refractivity contribution in [3.63, 3.8) is 0 Å². The Hall–Kier alpha value is -2.74. The molecule has 1 fully saturated rings. The molecule has 1 saturated heterocycles. The second-order valence-corrected chi connectivity index (χ2v) is 6.95. The number of rotatable bonds is 6. The minimum absolute atomic E-state index is 0.101. The predicted octanol–water partition coefficient (Wildman–Crippen LogP) is 0.112. The largest absolute Gasteiger partial charge is 0.354 e. The van der Waals surface area contributed by atoms with E-state index >= 15 is 0 Å². The Morgan fingerprint density at radius 2 is 2.11 bits per heavy atom. The van der Waals surface area contributed by atoms with Crippen molar-refractivity contribution in [2.45, 2.75) is 38.9 Å². The van der Waals surface area contributed by atoms with E-state index in [1.54, 1.807) is 12.3 Å². The smallest absolute Gasteiger partial charge is 0.274 e. The summed E-state index contributed by atoms with van der Waals surface area (Å²) in [5.74, 6) is -0.325. The topological polar surface area (TPSA) is 96.3 Å². The first kappa shape index (κ1) is 19.0. The number of amides is 2. The van der Waals surface area contributed by atoms with Gasteiger partial charge in [-0.05, 0) is 19.9 Å². The van der Waals surface area contributed by atoms with Crippen LogP contribution in [0.2, 0.25) is 0 Å².